The standard InChI is InChI=1S/C21H38N2O3.C3H4O2/c1-4-7-9-10-11-12-17-23(20(24)6-3)18-19(21(25)26)14-13-16-22-15-8-5-2;1-2-3(4)5/h6,18,22H,3-5,7-17H2,1-2H3,(H,25,26);2H,1H2,(H,4,5). The van der Waals surface area contributed by atoms with Crippen LogP contribution in [0.5, 0.6) is 0 Å². The van der Waals surface area contributed by atoms with Crippen molar-refractivity contribution >= 4 is 17.8 Å². The van der Waals surface area contributed by atoms with Gasteiger partial charge >= 0.3 is 11.9 Å². The van der Waals surface area contributed by atoms with Crippen molar-refractivity contribution in [2.24, 2.45) is 0 Å². The number of nitrogens with one attached hydrogen (secondary N) is 1. The molecule has 0 bridgehead atoms. The van der Waals surface area contributed by atoms with E-state index >= 15 is 0 Å². The van der Waals surface area contributed by atoms with Gasteiger partial charge in [0, 0.05) is 18.8 Å². The first kappa shape index (κ1) is 30.8. The van der Waals surface area contributed by atoms with Gasteiger partial charge in [-0.05, 0) is 44.8 Å². The number of hydrogen-bond donors (Lipinski definition) is 3. The fraction of sp³-hybridized carbons (Fsp3) is 0.625. The van der Waals surface area contributed by atoms with E-state index < -0.39 is 11.9 Å². The van der Waals surface area contributed by atoms with Crippen molar-refractivity contribution in [2.75, 3.05) is 19.6 Å². The van der Waals surface area contributed by atoms with Crippen LogP contribution in [0.4, 0.5) is 0 Å². The molecule has 0 atom stereocenters. The van der Waals surface area contributed by atoms with Crippen LogP contribution in [0.25, 0.3) is 0 Å². The molecule has 178 valence electrons. The lowest BCUT2D eigenvalue weighted by atomic mass is 10.1. The van der Waals surface area contributed by atoms with E-state index in [4.69, 9.17) is 5.11 Å². The minimum absolute atomic E-state index is 0.238. The van der Waals surface area contributed by atoms with Crippen molar-refractivity contribution in [2.45, 2.75) is 78.1 Å². The topological polar surface area (TPSA) is 107 Å². The molecular weight excluding hydrogens is 396 g/mol. The van der Waals surface area contributed by atoms with Crippen LogP contribution in [0.3, 0.4) is 0 Å². The molecule has 0 heterocycles. The highest BCUT2D eigenvalue weighted by Crippen LogP contribution is 2.11. The number of hydrogen-bond acceptors (Lipinski definition) is 4. The summed E-state index contributed by atoms with van der Waals surface area (Å²) in [5.41, 5.74) is 0.281. The molecule has 3 N–H and O–H groups in total. The molecule has 31 heavy (non-hydrogen) atoms. The maximum absolute atomic E-state index is 12.0. The normalized spacial score (nSPS) is 10.6. The minimum Gasteiger partial charge on any atom is -0.478 e. The first-order chi connectivity index (χ1) is 14.8. The summed E-state index contributed by atoms with van der Waals surface area (Å²) in [4.78, 5) is 34.3. The molecule has 0 radical (unpaired) electrons. The fourth-order valence-electron chi connectivity index (χ4n) is 2.66. The van der Waals surface area contributed by atoms with E-state index in [1.54, 1.807) is 0 Å². The number of unbranched alkanes of at least 4 members (excludes halogenated alkanes) is 6. The number of carbonyl (C=O) groups excluding carboxylic acids is 1. The van der Waals surface area contributed by atoms with Gasteiger partial charge in [0.1, 0.15) is 0 Å². The lowest BCUT2D eigenvalue weighted by Crippen LogP contribution is -2.26. The summed E-state index contributed by atoms with van der Waals surface area (Å²) in [6.45, 7) is 13.1. The number of carbonyl (C=O) groups is 3. The van der Waals surface area contributed by atoms with Crippen molar-refractivity contribution in [1.82, 2.24) is 10.2 Å². The first-order valence-corrected chi connectivity index (χ1v) is 11.3. The number of carboxylic acid groups (broad SMARTS) is 2. The Bertz CT molecular complexity index is 558. The quantitative estimate of drug-likeness (QED) is 0.210. The van der Waals surface area contributed by atoms with Crippen LogP contribution < -0.4 is 5.32 Å². The average molecular weight is 439 g/mol. The highest BCUT2D eigenvalue weighted by Gasteiger charge is 2.13. The van der Waals surface area contributed by atoms with Gasteiger partial charge in [0.05, 0.1) is 5.57 Å². The summed E-state index contributed by atoms with van der Waals surface area (Å²) in [6.07, 6.45) is 13.8. The molecule has 0 unspecified atom stereocenters. The van der Waals surface area contributed by atoms with E-state index in [1.807, 2.05) is 0 Å². The largest absolute Gasteiger partial charge is 0.478 e. The van der Waals surface area contributed by atoms with Crippen molar-refractivity contribution in [1.29, 1.82) is 0 Å². The Morgan fingerprint density at radius 3 is 1.90 bits per heavy atom. The zero-order valence-electron chi connectivity index (χ0n) is 19.4. The monoisotopic (exact) mass is 438 g/mol. The van der Waals surface area contributed by atoms with Gasteiger partial charge in [-0.2, -0.15) is 0 Å². The molecule has 0 aromatic carbocycles. The van der Waals surface area contributed by atoms with Crippen LogP contribution in [0, 0.1) is 0 Å². The number of nitrogens with zero attached hydrogens (tertiary/aromatic N) is 1. The minimum atomic E-state index is -0.981. The fourth-order valence-corrected chi connectivity index (χ4v) is 2.66. The predicted molar refractivity (Wildman–Crippen MR) is 126 cm³/mol. The Morgan fingerprint density at radius 2 is 1.39 bits per heavy atom. The Labute approximate surface area is 187 Å². The predicted octanol–water partition coefficient (Wildman–Crippen LogP) is 4.76. The third-order valence-electron chi connectivity index (χ3n) is 4.48. The molecule has 1 amide bonds. The maximum atomic E-state index is 12.0. The smallest absolute Gasteiger partial charge is 0.333 e. The lowest BCUT2D eigenvalue weighted by Gasteiger charge is -2.18. The van der Waals surface area contributed by atoms with Gasteiger partial charge in [-0.3, -0.25) is 4.79 Å². The van der Waals surface area contributed by atoms with E-state index in [0.29, 0.717) is 13.0 Å². The van der Waals surface area contributed by atoms with Gasteiger partial charge in [0.25, 0.3) is 0 Å². The molecule has 0 spiro atoms. The van der Waals surface area contributed by atoms with E-state index in [0.717, 1.165) is 57.7 Å². The van der Waals surface area contributed by atoms with E-state index in [2.05, 4.69) is 32.3 Å². The molecule has 0 aromatic heterocycles. The van der Waals surface area contributed by atoms with E-state index in [9.17, 15) is 19.5 Å². The summed E-state index contributed by atoms with van der Waals surface area (Å²) in [7, 11) is 0. The molecule has 0 saturated heterocycles. The first-order valence-electron chi connectivity index (χ1n) is 11.3. The van der Waals surface area contributed by atoms with Crippen molar-refractivity contribution in [3.63, 3.8) is 0 Å². The Balaban J connectivity index is 0. The SMILES string of the molecule is C=CC(=O)N(C=C(CCCNCCCC)C(=O)O)CCCCCCCC.C=CC(=O)O. The molecule has 7 nitrogen and oxygen atoms in total. The second-order valence-corrected chi connectivity index (χ2v) is 7.21. The summed E-state index contributed by atoms with van der Waals surface area (Å²) in [6, 6.07) is 0. The van der Waals surface area contributed by atoms with Gasteiger partial charge in [0.2, 0.25) is 5.91 Å². The highest BCUT2D eigenvalue weighted by molar-refractivity contribution is 5.90. The summed E-state index contributed by atoms with van der Waals surface area (Å²) in [5.74, 6) is -2.17. The Kier molecular flexibility index (Phi) is 22.1. The van der Waals surface area contributed by atoms with E-state index in [-0.39, 0.29) is 11.5 Å². The summed E-state index contributed by atoms with van der Waals surface area (Å²) < 4.78 is 0. The molecule has 0 aromatic rings. The molecular formula is C24H42N2O5. The molecule has 0 saturated carbocycles. The molecule has 0 aliphatic rings. The summed E-state index contributed by atoms with van der Waals surface area (Å²) in [5, 5.41) is 20.3. The second kappa shape index (κ2) is 22.3. The van der Waals surface area contributed by atoms with Crippen molar-refractivity contribution in [3.05, 3.63) is 37.1 Å². The zero-order chi connectivity index (χ0) is 23.9. The Hall–Kier alpha value is -2.41. The van der Waals surface area contributed by atoms with Gasteiger partial charge in [-0.15, -0.1) is 0 Å². The molecule has 0 rings (SSSR count). The van der Waals surface area contributed by atoms with Crippen LogP contribution in [0.1, 0.15) is 78.1 Å². The second-order valence-electron chi connectivity index (χ2n) is 7.21. The summed E-state index contributed by atoms with van der Waals surface area (Å²) >= 11 is 0. The van der Waals surface area contributed by atoms with Crippen molar-refractivity contribution in [3.8, 4) is 0 Å². The average Bonchev–Trinajstić information content (AvgIpc) is 2.75. The lowest BCUT2D eigenvalue weighted by molar-refractivity contribution is -0.133. The zero-order valence-corrected chi connectivity index (χ0v) is 19.4. The van der Waals surface area contributed by atoms with Crippen LogP contribution in [0.2, 0.25) is 0 Å². The van der Waals surface area contributed by atoms with Gasteiger partial charge in [0.15, 0.2) is 0 Å². The number of amides is 1. The molecule has 7 heteroatoms. The highest BCUT2D eigenvalue weighted by atomic mass is 16.4. The van der Waals surface area contributed by atoms with Gasteiger partial charge in [-0.25, -0.2) is 9.59 Å². The van der Waals surface area contributed by atoms with Crippen LogP contribution in [-0.2, 0) is 14.4 Å². The van der Waals surface area contributed by atoms with Crippen LogP contribution in [0.15, 0.2) is 37.1 Å². The Morgan fingerprint density at radius 1 is 0.839 bits per heavy atom. The number of carboxylic acids is 2. The van der Waals surface area contributed by atoms with Crippen molar-refractivity contribution < 1.29 is 24.6 Å². The van der Waals surface area contributed by atoms with Gasteiger partial charge in [-0.1, -0.05) is 65.5 Å². The van der Waals surface area contributed by atoms with Crippen LogP contribution >= 0.6 is 0 Å². The number of rotatable bonds is 18. The number of aliphatic carboxylic acids is 2. The van der Waals surface area contributed by atoms with Crippen LogP contribution in [-0.4, -0.2) is 52.6 Å². The van der Waals surface area contributed by atoms with E-state index in [1.165, 1.54) is 36.4 Å². The molecule has 0 aliphatic heterocycles. The third-order valence-corrected chi connectivity index (χ3v) is 4.48. The molecule has 0 fully saturated rings. The maximum Gasteiger partial charge on any atom is 0.333 e. The van der Waals surface area contributed by atoms with Gasteiger partial charge < -0.3 is 20.4 Å². The third kappa shape index (κ3) is 20.6. The molecule has 0 aliphatic carbocycles.